The summed E-state index contributed by atoms with van der Waals surface area (Å²) in [5.41, 5.74) is 0.914. The fraction of sp³-hybridized carbons (Fsp3) is 0.286. The molecule has 0 atom stereocenters. The zero-order valence-corrected chi connectivity index (χ0v) is 10.5. The molecule has 1 heterocycles. The summed E-state index contributed by atoms with van der Waals surface area (Å²) in [7, 11) is 0. The first kappa shape index (κ1) is 12.5. The molecule has 0 aliphatic carbocycles. The van der Waals surface area contributed by atoms with Crippen LogP contribution < -0.4 is 4.90 Å². The van der Waals surface area contributed by atoms with Gasteiger partial charge in [-0.3, -0.25) is 0 Å². The maximum Gasteiger partial charge on any atom is 0.159 e. The van der Waals surface area contributed by atoms with Crippen molar-refractivity contribution >= 4 is 16.6 Å². The highest BCUT2D eigenvalue weighted by molar-refractivity contribution is 5.93. The second kappa shape index (κ2) is 5.60. The first-order valence-corrected chi connectivity index (χ1v) is 5.96. The van der Waals surface area contributed by atoms with Crippen LogP contribution in [0.15, 0.2) is 36.9 Å². The number of rotatable bonds is 5. The summed E-state index contributed by atoms with van der Waals surface area (Å²) in [6.45, 7) is 6.93. The molecule has 0 aliphatic heterocycles. The molecule has 1 N–H and O–H groups in total. The van der Waals surface area contributed by atoms with Crippen molar-refractivity contribution in [3.05, 3.63) is 42.6 Å². The van der Waals surface area contributed by atoms with E-state index in [4.69, 9.17) is 5.11 Å². The van der Waals surface area contributed by atoms with Crippen molar-refractivity contribution in [2.24, 2.45) is 0 Å². The molecule has 4 nitrogen and oxygen atoms in total. The van der Waals surface area contributed by atoms with Crippen molar-refractivity contribution in [2.75, 3.05) is 24.6 Å². The molecule has 4 heteroatoms. The third-order valence-corrected chi connectivity index (χ3v) is 2.87. The smallest absolute Gasteiger partial charge is 0.159 e. The number of aryl methyl sites for hydroxylation is 1. The largest absolute Gasteiger partial charge is 0.395 e. The van der Waals surface area contributed by atoms with Crippen molar-refractivity contribution in [1.82, 2.24) is 10.2 Å². The molecule has 2 aromatic rings. The van der Waals surface area contributed by atoms with Crippen LogP contribution in [0.4, 0.5) is 5.82 Å². The molecule has 2 rings (SSSR count). The Balaban J connectivity index is 2.55. The predicted molar refractivity (Wildman–Crippen MR) is 73.8 cm³/mol. The number of hydrogen-bond donors (Lipinski definition) is 1. The molecule has 0 saturated heterocycles. The van der Waals surface area contributed by atoms with Crippen molar-refractivity contribution < 1.29 is 5.11 Å². The van der Waals surface area contributed by atoms with Crippen LogP contribution in [0.25, 0.3) is 10.8 Å². The third kappa shape index (κ3) is 2.33. The van der Waals surface area contributed by atoms with E-state index in [-0.39, 0.29) is 6.61 Å². The second-order valence-electron chi connectivity index (χ2n) is 4.11. The van der Waals surface area contributed by atoms with Gasteiger partial charge in [0.25, 0.3) is 0 Å². The van der Waals surface area contributed by atoms with E-state index in [2.05, 4.69) is 16.8 Å². The fourth-order valence-electron chi connectivity index (χ4n) is 2.02. The molecule has 18 heavy (non-hydrogen) atoms. The Morgan fingerprint density at radius 2 is 2.00 bits per heavy atom. The highest BCUT2D eigenvalue weighted by Gasteiger charge is 2.12. The van der Waals surface area contributed by atoms with Gasteiger partial charge in [-0.05, 0) is 6.92 Å². The zero-order chi connectivity index (χ0) is 13.0. The Kier molecular flexibility index (Phi) is 3.89. The first-order chi connectivity index (χ1) is 8.77. The summed E-state index contributed by atoms with van der Waals surface area (Å²) in [6.07, 6.45) is 1.80. The Hall–Kier alpha value is -1.94. The molecule has 0 unspecified atom stereocenters. The molecule has 0 spiro atoms. The van der Waals surface area contributed by atoms with Crippen molar-refractivity contribution in [3.63, 3.8) is 0 Å². The average molecular weight is 243 g/mol. The number of aliphatic hydroxyl groups excluding tert-OH is 1. The minimum atomic E-state index is 0.0811. The minimum absolute atomic E-state index is 0.0811. The SMILES string of the molecule is C=CCN(CCO)c1nnc(C)c2ccccc12. The van der Waals surface area contributed by atoms with Gasteiger partial charge < -0.3 is 10.0 Å². The number of aliphatic hydroxyl groups is 1. The number of aromatic nitrogens is 2. The molecule has 0 aliphatic rings. The zero-order valence-electron chi connectivity index (χ0n) is 10.5. The standard InChI is InChI=1S/C14H17N3O/c1-3-8-17(9-10-18)14-13-7-5-4-6-12(13)11(2)15-16-14/h3-7,18H,1,8-10H2,2H3. The first-order valence-electron chi connectivity index (χ1n) is 5.96. The highest BCUT2D eigenvalue weighted by Crippen LogP contribution is 2.25. The Bertz CT molecular complexity index is 554. The molecular weight excluding hydrogens is 226 g/mol. The van der Waals surface area contributed by atoms with Gasteiger partial charge in [0.05, 0.1) is 12.3 Å². The van der Waals surface area contributed by atoms with E-state index in [1.165, 1.54) is 0 Å². The van der Waals surface area contributed by atoms with Crippen LogP contribution in [-0.4, -0.2) is 35.0 Å². The van der Waals surface area contributed by atoms with E-state index in [9.17, 15) is 0 Å². The van der Waals surface area contributed by atoms with Gasteiger partial charge in [-0.25, -0.2) is 0 Å². The number of anilines is 1. The van der Waals surface area contributed by atoms with Gasteiger partial charge in [0.2, 0.25) is 0 Å². The Labute approximate surface area is 107 Å². The number of fused-ring (bicyclic) bond motifs is 1. The lowest BCUT2D eigenvalue weighted by Crippen LogP contribution is -2.28. The highest BCUT2D eigenvalue weighted by atomic mass is 16.3. The van der Waals surface area contributed by atoms with Crippen LogP contribution in [0.2, 0.25) is 0 Å². The van der Waals surface area contributed by atoms with Crippen LogP contribution >= 0.6 is 0 Å². The van der Waals surface area contributed by atoms with Crippen LogP contribution in [0.5, 0.6) is 0 Å². The lowest BCUT2D eigenvalue weighted by molar-refractivity contribution is 0.302. The Morgan fingerprint density at radius 1 is 1.28 bits per heavy atom. The lowest BCUT2D eigenvalue weighted by atomic mass is 10.1. The van der Waals surface area contributed by atoms with Crippen LogP contribution in [0.1, 0.15) is 5.69 Å². The topological polar surface area (TPSA) is 49.2 Å². The molecule has 0 saturated carbocycles. The number of nitrogens with zero attached hydrogens (tertiary/aromatic N) is 3. The van der Waals surface area contributed by atoms with Gasteiger partial charge in [0.1, 0.15) is 0 Å². The summed E-state index contributed by atoms with van der Waals surface area (Å²) >= 11 is 0. The molecule has 94 valence electrons. The summed E-state index contributed by atoms with van der Waals surface area (Å²) in [5, 5.41) is 19.7. The van der Waals surface area contributed by atoms with Crippen molar-refractivity contribution in [3.8, 4) is 0 Å². The molecule has 0 amide bonds. The number of benzene rings is 1. The van der Waals surface area contributed by atoms with Gasteiger partial charge in [0, 0.05) is 23.9 Å². The van der Waals surface area contributed by atoms with Gasteiger partial charge >= 0.3 is 0 Å². The maximum absolute atomic E-state index is 9.13. The Morgan fingerprint density at radius 3 is 2.67 bits per heavy atom. The van der Waals surface area contributed by atoms with E-state index < -0.39 is 0 Å². The molecule has 1 aromatic carbocycles. The van der Waals surface area contributed by atoms with Crippen LogP contribution in [0.3, 0.4) is 0 Å². The molecule has 0 radical (unpaired) electrons. The maximum atomic E-state index is 9.13. The molecular formula is C14H17N3O. The lowest BCUT2D eigenvalue weighted by Gasteiger charge is -2.22. The van der Waals surface area contributed by atoms with Crippen molar-refractivity contribution in [2.45, 2.75) is 6.92 Å². The number of hydrogen-bond acceptors (Lipinski definition) is 4. The molecule has 0 bridgehead atoms. The van der Waals surface area contributed by atoms with Crippen LogP contribution in [-0.2, 0) is 0 Å². The van der Waals surface area contributed by atoms with Crippen molar-refractivity contribution in [1.29, 1.82) is 0 Å². The summed E-state index contributed by atoms with van der Waals surface area (Å²) in [4.78, 5) is 1.97. The monoisotopic (exact) mass is 243 g/mol. The summed E-state index contributed by atoms with van der Waals surface area (Å²) in [6, 6.07) is 8.04. The minimum Gasteiger partial charge on any atom is -0.395 e. The van der Waals surface area contributed by atoms with E-state index in [0.717, 1.165) is 22.3 Å². The van der Waals surface area contributed by atoms with E-state index in [1.54, 1.807) is 6.08 Å². The van der Waals surface area contributed by atoms with Gasteiger partial charge in [0.15, 0.2) is 5.82 Å². The fourth-order valence-corrected chi connectivity index (χ4v) is 2.02. The van der Waals surface area contributed by atoms with E-state index in [0.29, 0.717) is 13.1 Å². The molecule has 1 aromatic heterocycles. The summed E-state index contributed by atoms with van der Waals surface area (Å²) in [5.74, 6) is 0.796. The van der Waals surface area contributed by atoms with E-state index in [1.807, 2.05) is 36.1 Å². The molecule has 0 fully saturated rings. The normalized spacial score (nSPS) is 10.6. The second-order valence-corrected chi connectivity index (χ2v) is 4.11. The van der Waals surface area contributed by atoms with E-state index >= 15 is 0 Å². The van der Waals surface area contributed by atoms with Gasteiger partial charge in [-0.15, -0.1) is 11.7 Å². The van der Waals surface area contributed by atoms with Gasteiger partial charge in [-0.1, -0.05) is 30.3 Å². The summed E-state index contributed by atoms with van der Waals surface area (Å²) < 4.78 is 0. The quantitative estimate of drug-likeness (QED) is 0.815. The van der Waals surface area contributed by atoms with Crippen LogP contribution in [0, 0.1) is 6.92 Å². The third-order valence-electron chi connectivity index (χ3n) is 2.87. The average Bonchev–Trinajstić information content (AvgIpc) is 2.39. The van der Waals surface area contributed by atoms with Gasteiger partial charge in [-0.2, -0.15) is 5.10 Å². The predicted octanol–water partition coefficient (Wildman–Crippen LogP) is 1.92.